The Morgan fingerprint density at radius 2 is 1.80 bits per heavy atom. The normalized spacial score (nSPS) is 11.7. The minimum absolute atomic E-state index is 0.243. The van der Waals surface area contributed by atoms with Gasteiger partial charge in [-0.1, -0.05) is 30.3 Å². The molecule has 0 spiro atoms. The molecule has 0 aliphatic rings. The molecule has 1 nitrogen and oxygen atoms in total. The minimum atomic E-state index is -0.243. The molecule has 1 aromatic rings. The Morgan fingerprint density at radius 3 is 2.40 bits per heavy atom. The molecule has 83 valence electrons. The summed E-state index contributed by atoms with van der Waals surface area (Å²) < 4.78 is 5.56. The zero-order chi connectivity index (χ0) is 11.1. The minimum Gasteiger partial charge on any atom is -0.376 e. The maximum atomic E-state index is 5.56. The van der Waals surface area contributed by atoms with Gasteiger partial charge in [0.05, 0.1) is 5.60 Å². The lowest BCUT2D eigenvalue weighted by atomic mass is 10.1. The lowest BCUT2D eigenvalue weighted by Crippen LogP contribution is -2.20. The van der Waals surface area contributed by atoms with Gasteiger partial charge >= 0.3 is 0 Å². The summed E-state index contributed by atoms with van der Waals surface area (Å²) in [4.78, 5) is 0. The largest absolute Gasteiger partial charge is 0.376 e. The summed E-state index contributed by atoms with van der Waals surface area (Å²) in [6.07, 6.45) is 3.43. The number of benzene rings is 1. The third-order valence-corrected chi connectivity index (χ3v) is 2.20. The zero-order valence-corrected chi connectivity index (χ0v) is 9.83. The number of hydrogen-bond acceptors (Lipinski definition) is 1. The molecule has 1 rings (SSSR count). The smallest absolute Gasteiger partial charge is 0.0627 e. The topological polar surface area (TPSA) is 9.23 Å². The van der Waals surface area contributed by atoms with E-state index in [1.807, 2.05) is 13.8 Å². The fourth-order valence-electron chi connectivity index (χ4n) is 1.42. The van der Waals surface area contributed by atoms with E-state index in [0.717, 1.165) is 19.4 Å². The van der Waals surface area contributed by atoms with Crippen LogP contribution in [0.1, 0.15) is 32.3 Å². The predicted octanol–water partition coefficient (Wildman–Crippen LogP) is 3.64. The van der Waals surface area contributed by atoms with Gasteiger partial charge in [0.1, 0.15) is 0 Å². The van der Waals surface area contributed by atoms with Crippen LogP contribution in [0.25, 0.3) is 0 Å². The Balaban J connectivity index is 2.08. The van der Waals surface area contributed by atoms with Crippen molar-refractivity contribution in [3.05, 3.63) is 42.8 Å². The van der Waals surface area contributed by atoms with Crippen molar-refractivity contribution in [3.8, 4) is 0 Å². The lowest BCUT2D eigenvalue weighted by molar-refractivity contribution is 0.0155. The van der Waals surface area contributed by atoms with E-state index in [1.165, 1.54) is 12.0 Å². The molecule has 1 aromatic carbocycles. The Bertz CT molecular complexity index is 258. The first-order valence-corrected chi connectivity index (χ1v) is 5.61. The highest BCUT2D eigenvalue weighted by Gasteiger charge is 2.08. The molecule has 0 amide bonds. The van der Waals surface area contributed by atoms with Crippen LogP contribution in [0.2, 0.25) is 0 Å². The molecule has 1 radical (unpaired) electrons. The average Bonchev–Trinajstić information content (AvgIpc) is 2.17. The van der Waals surface area contributed by atoms with Crippen LogP contribution in [0, 0.1) is 6.92 Å². The van der Waals surface area contributed by atoms with Gasteiger partial charge in [-0.2, -0.15) is 0 Å². The van der Waals surface area contributed by atoms with Gasteiger partial charge in [0.15, 0.2) is 0 Å². The average molecular weight is 205 g/mol. The van der Waals surface area contributed by atoms with E-state index in [0.29, 0.717) is 0 Å². The van der Waals surface area contributed by atoms with Gasteiger partial charge in [-0.15, -0.1) is 0 Å². The standard InChI is InChI=1S/C14H21O/c1-14(2,3)15-12-8-7-11-13-9-5-4-6-10-13/h4-6,9-10H,1,7-8,11-12H2,2-3H3. The van der Waals surface area contributed by atoms with Crippen molar-refractivity contribution in [1.82, 2.24) is 0 Å². The van der Waals surface area contributed by atoms with E-state index in [9.17, 15) is 0 Å². The van der Waals surface area contributed by atoms with Crippen molar-refractivity contribution in [2.24, 2.45) is 0 Å². The highest BCUT2D eigenvalue weighted by molar-refractivity contribution is 5.14. The summed E-state index contributed by atoms with van der Waals surface area (Å²) in [6, 6.07) is 10.6. The van der Waals surface area contributed by atoms with Gasteiger partial charge in [0.25, 0.3) is 0 Å². The zero-order valence-electron chi connectivity index (χ0n) is 9.83. The number of unbranched alkanes of at least 4 members (excludes halogenated alkanes) is 1. The molecule has 0 fully saturated rings. The number of aryl methyl sites for hydroxylation is 1. The monoisotopic (exact) mass is 205 g/mol. The van der Waals surface area contributed by atoms with Crippen LogP contribution in [-0.2, 0) is 11.2 Å². The van der Waals surface area contributed by atoms with Crippen LogP contribution < -0.4 is 0 Å². The first-order chi connectivity index (χ1) is 7.08. The quantitative estimate of drug-likeness (QED) is 0.644. The number of ether oxygens (including phenoxy) is 1. The molecule has 0 N–H and O–H groups in total. The highest BCUT2D eigenvalue weighted by Crippen LogP contribution is 2.09. The summed E-state index contributed by atoms with van der Waals surface area (Å²) in [5, 5.41) is 0. The van der Waals surface area contributed by atoms with Gasteiger partial charge in [-0.3, -0.25) is 0 Å². The SMILES string of the molecule is [CH2]C(C)(C)OCCCCc1ccccc1. The first kappa shape index (κ1) is 12.3. The lowest BCUT2D eigenvalue weighted by Gasteiger charge is -2.19. The van der Waals surface area contributed by atoms with Crippen LogP contribution in [0.5, 0.6) is 0 Å². The van der Waals surface area contributed by atoms with Crippen molar-refractivity contribution in [3.63, 3.8) is 0 Å². The molecule has 0 aromatic heterocycles. The number of rotatable bonds is 6. The van der Waals surface area contributed by atoms with E-state index in [4.69, 9.17) is 4.74 Å². The molecule has 0 heterocycles. The van der Waals surface area contributed by atoms with E-state index in [2.05, 4.69) is 37.3 Å². The van der Waals surface area contributed by atoms with E-state index >= 15 is 0 Å². The fraction of sp³-hybridized carbons (Fsp3) is 0.500. The maximum Gasteiger partial charge on any atom is 0.0627 e. The van der Waals surface area contributed by atoms with Crippen LogP contribution in [-0.4, -0.2) is 12.2 Å². The second kappa shape index (κ2) is 5.92. The molecule has 15 heavy (non-hydrogen) atoms. The Morgan fingerprint density at radius 1 is 1.13 bits per heavy atom. The van der Waals surface area contributed by atoms with E-state index in [-0.39, 0.29) is 5.60 Å². The second-order valence-electron chi connectivity index (χ2n) is 4.55. The van der Waals surface area contributed by atoms with Gasteiger partial charge in [0.2, 0.25) is 0 Å². The summed E-state index contributed by atoms with van der Waals surface area (Å²) in [6.45, 7) is 8.69. The van der Waals surface area contributed by atoms with Gasteiger partial charge in [-0.25, -0.2) is 0 Å². The fourth-order valence-corrected chi connectivity index (χ4v) is 1.42. The molecule has 1 heteroatoms. The van der Waals surface area contributed by atoms with Crippen molar-refractivity contribution in [2.45, 2.75) is 38.7 Å². The van der Waals surface area contributed by atoms with Gasteiger partial charge in [-0.05, 0) is 45.6 Å². The Labute approximate surface area is 93.5 Å². The third kappa shape index (κ3) is 6.29. The molecule has 0 saturated heterocycles. The highest BCUT2D eigenvalue weighted by atomic mass is 16.5. The van der Waals surface area contributed by atoms with E-state index < -0.39 is 0 Å². The number of hydrogen-bond donors (Lipinski definition) is 0. The van der Waals surface area contributed by atoms with Crippen LogP contribution in [0.4, 0.5) is 0 Å². The first-order valence-electron chi connectivity index (χ1n) is 5.61. The molecular formula is C14H21O. The summed E-state index contributed by atoms with van der Waals surface area (Å²) in [5.74, 6) is 0. The molecule has 0 aliphatic carbocycles. The van der Waals surface area contributed by atoms with Crippen molar-refractivity contribution >= 4 is 0 Å². The van der Waals surface area contributed by atoms with Gasteiger partial charge in [0, 0.05) is 6.61 Å². The Kier molecular flexibility index (Phi) is 4.83. The molecule has 0 atom stereocenters. The summed E-state index contributed by atoms with van der Waals surface area (Å²) in [5.41, 5.74) is 1.17. The van der Waals surface area contributed by atoms with Crippen molar-refractivity contribution in [1.29, 1.82) is 0 Å². The maximum absolute atomic E-state index is 5.56. The van der Waals surface area contributed by atoms with E-state index in [1.54, 1.807) is 0 Å². The Hall–Kier alpha value is -0.820. The molecule has 0 aliphatic heterocycles. The van der Waals surface area contributed by atoms with Crippen molar-refractivity contribution < 1.29 is 4.74 Å². The summed E-state index contributed by atoms with van der Waals surface area (Å²) in [7, 11) is 0. The predicted molar refractivity (Wildman–Crippen MR) is 64.8 cm³/mol. The molecule has 0 bridgehead atoms. The molecule has 0 unspecified atom stereocenters. The summed E-state index contributed by atoms with van der Waals surface area (Å²) >= 11 is 0. The second-order valence-corrected chi connectivity index (χ2v) is 4.55. The van der Waals surface area contributed by atoms with Crippen LogP contribution in [0.15, 0.2) is 30.3 Å². The van der Waals surface area contributed by atoms with Crippen LogP contribution in [0.3, 0.4) is 0 Å². The third-order valence-electron chi connectivity index (χ3n) is 2.20. The van der Waals surface area contributed by atoms with Crippen LogP contribution >= 0.6 is 0 Å². The molecular weight excluding hydrogens is 184 g/mol. The molecule has 0 saturated carbocycles. The van der Waals surface area contributed by atoms with Crippen molar-refractivity contribution in [2.75, 3.05) is 6.61 Å². The van der Waals surface area contributed by atoms with Gasteiger partial charge < -0.3 is 4.74 Å².